The van der Waals surface area contributed by atoms with Gasteiger partial charge in [-0.05, 0) is 32.0 Å². The fourth-order valence-electron chi connectivity index (χ4n) is 2.08. The lowest BCUT2D eigenvalue weighted by molar-refractivity contribution is 0.647. The van der Waals surface area contributed by atoms with Crippen LogP contribution in [0.25, 0.3) is 0 Å². The maximum Gasteiger partial charge on any atom is 0.101 e. The lowest BCUT2D eigenvalue weighted by Crippen LogP contribution is -2.43. The minimum Gasteiger partial charge on any atom is -0.368 e. The van der Waals surface area contributed by atoms with E-state index < -0.39 is 0 Å². The lowest BCUT2D eigenvalue weighted by Gasteiger charge is -2.39. The van der Waals surface area contributed by atoms with Gasteiger partial charge in [0, 0.05) is 28.6 Å². The first-order valence-corrected chi connectivity index (χ1v) is 6.97. The molecule has 0 aromatic heterocycles. The molecule has 0 bridgehead atoms. The van der Waals surface area contributed by atoms with Crippen molar-refractivity contribution in [2.24, 2.45) is 0 Å². The summed E-state index contributed by atoms with van der Waals surface area (Å²) in [5.74, 6) is 1.09. The molecule has 0 aliphatic carbocycles. The van der Waals surface area contributed by atoms with E-state index >= 15 is 0 Å². The Bertz CT molecular complexity index is 465. The van der Waals surface area contributed by atoms with E-state index in [1.165, 1.54) is 0 Å². The zero-order valence-corrected chi connectivity index (χ0v) is 11.6. The van der Waals surface area contributed by atoms with E-state index in [1.807, 2.05) is 17.8 Å². The van der Waals surface area contributed by atoms with Crippen molar-refractivity contribution in [2.45, 2.75) is 18.6 Å². The van der Waals surface area contributed by atoms with E-state index in [4.69, 9.17) is 16.9 Å². The van der Waals surface area contributed by atoms with Gasteiger partial charge in [0.05, 0.1) is 11.3 Å². The third kappa shape index (κ3) is 2.88. The molecule has 1 saturated heterocycles. The maximum atomic E-state index is 9.15. The molecule has 1 fully saturated rings. The highest BCUT2D eigenvalue weighted by Crippen LogP contribution is 2.34. The SMILES string of the molecule is CC1(C)CN(c2cc(Cl)ccc2C#N)CCS1. The summed E-state index contributed by atoms with van der Waals surface area (Å²) in [5.41, 5.74) is 1.67. The van der Waals surface area contributed by atoms with E-state index in [2.05, 4.69) is 24.8 Å². The molecule has 1 aliphatic heterocycles. The molecule has 0 N–H and O–H groups in total. The number of anilines is 1. The predicted molar refractivity (Wildman–Crippen MR) is 74.9 cm³/mol. The molecule has 4 heteroatoms. The smallest absolute Gasteiger partial charge is 0.101 e. The zero-order chi connectivity index (χ0) is 12.5. The minimum absolute atomic E-state index is 0.229. The number of rotatable bonds is 1. The molecule has 0 atom stereocenters. The molecule has 17 heavy (non-hydrogen) atoms. The van der Waals surface area contributed by atoms with Gasteiger partial charge in [0.1, 0.15) is 6.07 Å². The Balaban J connectivity index is 2.33. The van der Waals surface area contributed by atoms with Crippen LogP contribution in [0.5, 0.6) is 0 Å². The lowest BCUT2D eigenvalue weighted by atomic mass is 10.1. The average Bonchev–Trinajstić information content (AvgIpc) is 2.27. The van der Waals surface area contributed by atoms with Gasteiger partial charge >= 0.3 is 0 Å². The molecule has 0 radical (unpaired) electrons. The number of halogens is 1. The molecule has 1 aliphatic rings. The molecular formula is C13H15ClN2S. The predicted octanol–water partition coefficient (Wildman–Crippen LogP) is 3.54. The fraction of sp³-hybridized carbons (Fsp3) is 0.462. The first-order valence-electron chi connectivity index (χ1n) is 5.60. The van der Waals surface area contributed by atoms with E-state index in [0.717, 1.165) is 24.5 Å². The molecular weight excluding hydrogens is 252 g/mol. The maximum absolute atomic E-state index is 9.15. The van der Waals surface area contributed by atoms with Crippen LogP contribution in [-0.2, 0) is 0 Å². The average molecular weight is 267 g/mol. The van der Waals surface area contributed by atoms with Crippen molar-refractivity contribution in [1.29, 1.82) is 5.26 Å². The number of thioether (sulfide) groups is 1. The second-order valence-electron chi connectivity index (χ2n) is 4.80. The topological polar surface area (TPSA) is 27.0 Å². The van der Waals surface area contributed by atoms with Crippen LogP contribution < -0.4 is 4.90 Å². The summed E-state index contributed by atoms with van der Waals surface area (Å²) < 4.78 is 0.229. The van der Waals surface area contributed by atoms with Crippen molar-refractivity contribution in [2.75, 3.05) is 23.7 Å². The fourth-order valence-corrected chi connectivity index (χ4v) is 3.36. The quantitative estimate of drug-likeness (QED) is 0.778. The number of hydrogen-bond acceptors (Lipinski definition) is 3. The van der Waals surface area contributed by atoms with Crippen LogP contribution in [0.15, 0.2) is 18.2 Å². The van der Waals surface area contributed by atoms with Gasteiger partial charge in [-0.2, -0.15) is 17.0 Å². The zero-order valence-electron chi connectivity index (χ0n) is 10.0. The third-order valence-electron chi connectivity index (χ3n) is 2.85. The van der Waals surface area contributed by atoms with Crippen molar-refractivity contribution in [3.05, 3.63) is 28.8 Å². The summed E-state index contributed by atoms with van der Waals surface area (Å²) >= 11 is 8.00. The Hall–Kier alpha value is -0.850. The van der Waals surface area contributed by atoms with Crippen LogP contribution in [0.1, 0.15) is 19.4 Å². The summed E-state index contributed by atoms with van der Waals surface area (Å²) in [6.07, 6.45) is 0. The third-order valence-corrected chi connectivity index (χ3v) is 4.38. The van der Waals surface area contributed by atoms with E-state index in [9.17, 15) is 0 Å². The molecule has 90 valence electrons. The summed E-state index contributed by atoms with van der Waals surface area (Å²) in [6.45, 7) is 6.40. The minimum atomic E-state index is 0.229. The number of benzene rings is 1. The molecule has 2 nitrogen and oxygen atoms in total. The Kier molecular flexibility index (Phi) is 3.56. The van der Waals surface area contributed by atoms with Crippen molar-refractivity contribution in [3.8, 4) is 6.07 Å². The van der Waals surface area contributed by atoms with Gasteiger partial charge in [0.15, 0.2) is 0 Å². The Labute approximate surface area is 112 Å². The molecule has 0 spiro atoms. The summed E-state index contributed by atoms with van der Waals surface area (Å²) in [6, 6.07) is 7.70. The normalized spacial score (nSPS) is 18.8. The molecule has 1 aromatic rings. The summed E-state index contributed by atoms with van der Waals surface area (Å²) in [4.78, 5) is 2.26. The van der Waals surface area contributed by atoms with Crippen molar-refractivity contribution in [3.63, 3.8) is 0 Å². The van der Waals surface area contributed by atoms with E-state index in [-0.39, 0.29) is 4.75 Å². The van der Waals surface area contributed by atoms with Gasteiger partial charge in [0.25, 0.3) is 0 Å². The largest absolute Gasteiger partial charge is 0.368 e. The summed E-state index contributed by atoms with van der Waals surface area (Å²) in [5, 5.41) is 9.83. The molecule has 0 unspecified atom stereocenters. The Morgan fingerprint density at radius 1 is 1.47 bits per heavy atom. The van der Waals surface area contributed by atoms with Crippen LogP contribution in [0.3, 0.4) is 0 Å². The van der Waals surface area contributed by atoms with Gasteiger partial charge < -0.3 is 4.90 Å². The van der Waals surface area contributed by atoms with Crippen molar-refractivity contribution >= 4 is 29.1 Å². The van der Waals surface area contributed by atoms with Crippen molar-refractivity contribution < 1.29 is 0 Å². The van der Waals surface area contributed by atoms with Crippen LogP contribution in [0.2, 0.25) is 5.02 Å². The van der Waals surface area contributed by atoms with E-state index in [0.29, 0.717) is 10.6 Å². The van der Waals surface area contributed by atoms with Crippen molar-refractivity contribution in [1.82, 2.24) is 0 Å². The highest BCUT2D eigenvalue weighted by molar-refractivity contribution is 8.00. The first kappa shape index (κ1) is 12.6. The second kappa shape index (κ2) is 4.80. The standard InChI is InChI=1S/C13H15ClN2S/c1-13(2)9-16(5-6-17-13)12-7-11(14)4-3-10(12)8-15/h3-4,7H,5-6,9H2,1-2H3. The molecule has 1 aromatic carbocycles. The van der Waals surface area contributed by atoms with Gasteiger partial charge in [-0.3, -0.25) is 0 Å². The van der Waals surface area contributed by atoms with Crippen LogP contribution in [-0.4, -0.2) is 23.6 Å². The monoisotopic (exact) mass is 266 g/mol. The van der Waals surface area contributed by atoms with Gasteiger partial charge in [0.2, 0.25) is 0 Å². The highest BCUT2D eigenvalue weighted by atomic mass is 35.5. The van der Waals surface area contributed by atoms with Crippen LogP contribution in [0, 0.1) is 11.3 Å². The Morgan fingerprint density at radius 3 is 2.88 bits per heavy atom. The number of nitrogens with zero attached hydrogens (tertiary/aromatic N) is 2. The number of nitriles is 1. The van der Waals surface area contributed by atoms with Crippen LogP contribution in [0.4, 0.5) is 5.69 Å². The highest BCUT2D eigenvalue weighted by Gasteiger charge is 2.28. The second-order valence-corrected chi connectivity index (χ2v) is 7.04. The van der Waals surface area contributed by atoms with Gasteiger partial charge in [-0.1, -0.05) is 11.6 Å². The van der Waals surface area contributed by atoms with E-state index in [1.54, 1.807) is 12.1 Å². The van der Waals surface area contributed by atoms with Gasteiger partial charge in [-0.15, -0.1) is 0 Å². The van der Waals surface area contributed by atoms with Crippen LogP contribution >= 0.6 is 23.4 Å². The van der Waals surface area contributed by atoms with Gasteiger partial charge in [-0.25, -0.2) is 0 Å². The summed E-state index contributed by atoms with van der Waals surface area (Å²) in [7, 11) is 0. The first-order chi connectivity index (χ1) is 8.02. The molecule has 2 rings (SSSR count). The Morgan fingerprint density at radius 2 is 2.24 bits per heavy atom. The molecule has 0 amide bonds. The number of hydrogen-bond donors (Lipinski definition) is 0. The molecule has 1 heterocycles. The molecule has 0 saturated carbocycles.